The molecule has 25 heavy (non-hydrogen) atoms. The van der Waals surface area contributed by atoms with Gasteiger partial charge in [-0.3, -0.25) is 9.69 Å². The molecule has 0 atom stereocenters. The van der Waals surface area contributed by atoms with Crippen molar-refractivity contribution in [2.45, 2.75) is 19.9 Å². The van der Waals surface area contributed by atoms with Crippen LogP contribution in [0, 0.1) is 0 Å². The highest BCUT2D eigenvalue weighted by Gasteiger charge is 2.27. The van der Waals surface area contributed by atoms with Gasteiger partial charge in [0.25, 0.3) is 5.91 Å². The van der Waals surface area contributed by atoms with Crippen molar-refractivity contribution in [3.05, 3.63) is 60.0 Å². The first-order valence-corrected chi connectivity index (χ1v) is 8.18. The van der Waals surface area contributed by atoms with Gasteiger partial charge in [0.2, 0.25) is 11.7 Å². The molecule has 2 aromatic carbocycles. The van der Waals surface area contributed by atoms with E-state index in [1.807, 2.05) is 48.5 Å². The normalized spacial score (nSPS) is 13.5. The summed E-state index contributed by atoms with van der Waals surface area (Å²) in [6.07, 6.45) is 0.982. The second-order valence-electron chi connectivity index (χ2n) is 5.80. The summed E-state index contributed by atoms with van der Waals surface area (Å²) >= 11 is 0. The Morgan fingerprint density at radius 2 is 1.92 bits per heavy atom. The maximum Gasteiger partial charge on any atom is 0.265 e. The molecule has 1 amide bonds. The molecule has 0 aliphatic carbocycles. The van der Waals surface area contributed by atoms with Gasteiger partial charge in [-0.1, -0.05) is 48.5 Å². The highest BCUT2D eigenvalue weighted by atomic mass is 16.5. The molecule has 0 bridgehead atoms. The third-order valence-corrected chi connectivity index (χ3v) is 4.19. The van der Waals surface area contributed by atoms with E-state index < -0.39 is 0 Å². The predicted octanol–water partition coefficient (Wildman–Crippen LogP) is 3.22. The monoisotopic (exact) mass is 335 g/mol. The Bertz CT molecular complexity index is 902. The van der Waals surface area contributed by atoms with Crippen LogP contribution in [-0.4, -0.2) is 22.7 Å². The number of rotatable bonds is 4. The largest absolute Gasteiger partial charge is 0.482 e. The summed E-state index contributed by atoms with van der Waals surface area (Å²) in [5.41, 5.74) is 2.86. The number of benzene rings is 2. The van der Waals surface area contributed by atoms with Gasteiger partial charge in [0.05, 0.1) is 5.69 Å². The Labute approximate surface area is 145 Å². The van der Waals surface area contributed by atoms with Crippen molar-refractivity contribution in [1.82, 2.24) is 10.1 Å². The van der Waals surface area contributed by atoms with Crippen molar-refractivity contribution in [3.8, 4) is 17.1 Å². The summed E-state index contributed by atoms with van der Waals surface area (Å²) < 4.78 is 10.8. The van der Waals surface area contributed by atoms with Gasteiger partial charge in [0, 0.05) is 5.56 Å². The smallest absolute Gasteiger partial charge is 0.265 e. The highest BCUT2D eigenvalue weighted by Crippen LogP contribution is 2.32. The quantitative estimate of drug-likeness (QED) is 0.732. The second kappa shape index (κ2) is 6.39. The van der Waals surface area contributed by atoms with Gasteiger partial charge >= 0.3 is 0 Å². The Hall–Kier alpha value is -3.15. The van der Waals surface area contributed by atoms with Crippen LogP contribution in [0.2, 0.25) is 0 Å². The SMILES string of the molecule is CCc1ccc(-c2noc(CN3C(=O)COc4ccccc43)n2)cc1. The van der Waals surface area contributed by atoms with E-state index in [-0.39, 0.29) is 19.1 Å². The molecule has 6 nitrogen and oxygen atoms in total. The Morgan fingerprint density at radius 1 is 1.12 bits per heavy atom. The molecular weight excluding hydrogens is 318 g/mol. The third-order valence-electron chi connectivity index (χ3n) is 4.19. The minimum absolute atomic E-state index is 0.0104. The van der Waals surface area contributed by atoms with Crippen LogP contribution in [0.4, 0.5) is 5.69 Å². The number of aromatic nitrogens is 2. The summed E-state index contributed by atoms with van der Waals surface area (Å²) in [7, 11) is 0. The van der Waals surface area contributed by atoms with Gasteiger partial charge in [0.1, 0.15) is 12.3 Å². The summed E-state index contributed by atoms with van der Waals surface area (Å²) in [6.45, 7) is 2.34. The fourth-order valence-corrected chi connectivity index (χ4v) is 2.79. The number of ether oxygens (including phenoxy) is 1. The number of anilines is 1. The van der Waals surface area contributed by atoms with E-state index in [9.17, 15) is 4.79 Å². The summed E-state index contributed by atoms with van der Waals surface area (Å²) in [4.78, 5) is 18.3. The topological polar surface area (TPSA) is 68.5 Å². The number of para-hydroxylation sites is 2. The van der Waals surface area contributed by atoms with Crippen LogP contribution in [0.1, 0.15) is 18.4 Å². The first-order valence-electron chi connectivity index (χ1n) is 8.18. The van der Waals surface area contributed by atoms with Gasteiger partial charge in [0.15, 0.2) is 6.61 Å². The molecule has 126 valence electrons. The van der Waals surface area contributed by atoms with Gasteiger partial charge in [-0.05, 0) is 24.1 Å². The average Bonchev–Trinajstić information content (AvgIpc) is 3.13. The van der Waals surface area contributed by atoms with E-state index in [1.54, 1.807) is 4.90 Å². The summed E-state index contributed by atoms with van der Waals surface area (Å²) in [5.74, 6) is 1.45. The maximum atomic E-state index is 12.2. The first-order chi connectivity index (χ1) is 12.2. The van der Waals surface area contributed by atoms with E-state index in [0.717, 1.165) is 12.0 Å². The van der Waals surface area contributed by atoms with E-state index in [0.29, 0.717) is 23.2 Å². The van der Waals surface area contributed by atoms with E-state index in [2.05, 4.69) is 17.1 Å². The zero-order valence-corrected chi connectivity index (χ0v) is 13.8. The Balaban J connectivity index is 1.58. The number of amides is 1. The molecule has 1 aliphatic rings. The first kappa shape index (κ1) is 15.4. The number of carbonyl (C=O) groups excluding carboxylic acids is 1. The predicted molar refractivity (Wildman–Crippen MR) is 92.2 cm³/mol. The fraction of sp³-hybridized carbons (Fsp3) is 0.211. The zero-order chi connectivity index (χ0) is 17.2. The molecule has 0 saturated heterocycles. The molecule has 6 heteroatoms. The third kappa shape index (κ3) is 2.98. The van der Waals surface area contributed by atoms with Crippen LogP contribution in [-0.2, 0) is 17.8 Å². The minimum Gasteiger partial charge on any atom is -0.482 e. The lowest BCUT2D eigenvalue weighted by atomic mass is 10.1. The average molecular weight is 335 g/mol. The number of hydrogen-bond donors (Lipinski definition) is 0. The molecule has 0 N–H and O–H groups in total. The van der Waals surface area contributed by atoms with Crippen molar-refractivity contribution >= 4 is 11.6 Å². The molecule has 0 unspecified atom stereocenters. The fourth-order valence-electron chi connectivity index (χ4n) is 2.79. The molecule has 3 aromatic rings. The van der Waals surface area contributed by atoms with Crippen molar-refractivity contribution in [3.63, 3.8) is 0 Å². The van der Waals surface area contributed by atoms with Crippen molar-refractivity contribution in [1.29, 1.82) is 0 Å². The lowest BCUT2D eigenvalue weighted by Crippen LogP contribution is -2.38. The van der Waals surface area contributed by atoms with Crippen molar-refractivity contribution in [2.75, 3.05) is 11.5 Å². The zero-order valence-electron chi connectivity index (χ0n) is 13.8. The molecule has 1 aromatic heterocycles. The molecule has 1 aliphatic heterocycles. The van der Waals surface area contributed by atoms with E-state index in [4.69, 9.17) is 9.26 Å². The summed E-state index contributed by atoms with van der Waals surface area (Å²) in [6, 6.07) is 15.5. The molecule has 0 spiro atoms. The van der Waals surface area contributed by atoms with Crippen molar-refractivity contribution < 1.29 is 14.1 Å². The lowest BCUT2D eigenvalue weighted by Gasteiger charge is -2.27. The Kier molecular flexibility index (Phi) is 3.93. The number of nitrogens with zero attached hydrogens (tertiary/aromatic N) is 3. The number of hydrogen-bond acceptors (Lipinski definition) is 5. The van der Waals surface area contributed by atoms with Crippen LogP contribution in [0.3, 0.4) is 0 Å². The maximum absolute atomic E-state index is 12.2. The van der Waals surface area contributed by atoms with Crippen LogP contribution < -0.4 is 9.64 Å². The molecule has 0 saturated carbocycles. The minimum atomic E-state index is -0.134. The molecule has 0 radical (unpaired) electrons. The van der Waals surface area contributed by atoms with Gasteiger partial charge in [-0.15, -0.1) is 0 Å². The second-order valence-corrected chi connectivity index (χ2v) is 5.80. The molecular formula is C19H17N3O3. The van der Waals surface area contributed by atoms with Crippen molar-refractivity contribution in [2.24, 2.45) is 0 Å². The molecule has 2 heterocycles. The highest BCUT2D eigenvalue weighted by molar-refractivity contribution is 5.97. The number of aryl methyl sites for hydroxylation is 1. The van der Waals surface area contributed by atoms with Crippen LogP contribution in [0.15, 0.2) is 53.1 Å². The van der Waals surface area contributed by atoms with Gasteiger partial charge in [-0.25, -0.2) is 0 Å². The number of carbonyl (C=O) groups is 1. The molecule has 4 rings (SSSR count). The number of fused-ring (bicyclic) bond motifs is 1. The van der Waals surface area contributed by atoms with Crippen LogP contribution >= 0.6 is 0 Å². The Morgan fingerprint density at radius 3 is 2.72 bits per heavy atom. The van der Waals surface area contributed by atoms with Crippen LogP contribution in [0.25, 0.3) is 11.4 Å². The van der Waals surface area contributed by atoms with Gasteiger partial charge in [-0.2, -0.15) is 4.98 Å². The van der Waals surface area contributed by atoms with Gasteiger partial charge < -0.3 is 9.26 Å². The molecule has 0 fully saturated rings. The van der Waals surface area contributed by atoms with E-state index in [1.165, 1.54) is 5.56 Å². The van der Waals surface area contributed by atoms with Crippen LogP contribution in [0.5, 0.6) is 5.75 Å². The van der Waals surface area contributed by atoms with E-state index >= 15 is 0 Å². The lowest BCUT2D eigenvalue weighted by molar-refractivity contribution is -0.121. The standard InChI is InChI=1S/C19H17N3O3/c1-2-13-7-9-14(10-8-13)19-20-17(25-21-19)11-22-15-5-3-4-6-16(15)24-12-18(22)23/h3-10H,2,11-12H2,1H3. The summed E-state index contributed by atoms with van der Waals surface area (Å²) in [5, 5.41) is 4.03.